The molecule has 19 heavy (non-hydrogen) atoms. The Bertz CT molecular complexity index is 594. The maximum Gasteiger partial charge on any atom is 0.330 e. The Morgan fingerprint density at radius 2 is 2.21 bits per heavy atom. The zero-order valence-electron chi connectivity index (χ0n) is 10.6. The van der Waals surface area contributed by atoms with Gasteiger partial charge in [-0.05, 0) is 13.0 Å². The molecule has 0 radical (unpaired) electrons. The highest BCUT2D eigenvalue weighted by Crippen LogP contribution is 2.23. The van der Waals surface area contributed by atoms with Gasteiger partial charge in [0.15, 0.2) is 0 Å². The van der Waals surface area contributed by atoms with Crippen molar-refractivity contribution < 1.29 is 9.53 Å². The Morgan fingerprint density at radius 1 is 1.37 bits per heavy atom. The number of ether oxygens (including phenoxy) is 1. The average molecular weight is 274 g/mol. The van der Waals surface area contributed by atoms with Gasteiger partial charge in [-0.3, -0.25) is 0 Å². The van der Waals surface area contributed by atoms with Crippen molar-refractivity contribution in [2.45, 2.75) is 11.9 Å². The molecule has 0 aliphatic carbocycles. The Morgan fingerprint density at radius 3 is 3.05 bits per heavy atom. The Hall–Kier alpha value is -1.88. The lowest BCUT2D eigenvalue weighted by Crippen LogP contribution is -1.98. The molecule has 0 aliphatic rings. The molecule has 1 heterocycles. The summed E-state index contributed by atoms with van der Waals surface area (Å²) in [5, 5.41) is 1.94. The number of benzene rings is 1. The number of rotatable bonds is 5. The third kappa shape index (κ3) is 3.79. The predicted molar refractivity (Wildman–Crippen MR) is 76.0 cm³/mol. The summed E-state index contributed by atoms with van der Waals surface area (Å²) in [6.45, 7) is 2.18. The first-order chi connectivity index (χ1) is 9.31. The molecule has 0 spiro atoms. The van der Waals surface area contributed by atoms with Crippen molar-refractivity contribution in [3.05, 3.63) is 42.7 Å². The number of carbonyl (C=O) groups is 1. The number of esters is 1. The van der Waals surface area contributed by atoms with Crippen LogP contribution in [0.5, 0.6) is 0 Å². The van der Waals surface area contributed by atoms with E-state index < -0.39 is 0 Å². The van der Waals surface area contributed by atoms with Gasteiger partial charge in [0.05, 0.1) is 12.1 Å². The van der Waals surface area contributed by atoms with E-state index in [0.717, 1.165) is 15.9 Å². The van der Waals surface area contributed by atoms with Crippen molar-refractivity contribution in [2.75, 3.05) is 12.4 Å². The maximum absolute atomic E-state index is 11.1. The third-order valence-corrected chi connectivity index (χ3v) is 3.32. The summed E-state index contributed by atoms with van der Waals surface area (Å²) in [6.07, 6.45) is 4.78. The van der Waals surface area contributed by atoms with E-state index in [0.29, 0.717) is 12.4 Å². The van der Waals surface area contributed by atoms with E-state index in [2.05, 4.69) is 9.97 Å². The van der Waals surface area contributed by atoms with Crippen LogP contribution < -0.4 is 0 Å². The smallest absolute Gasteiger partial charge is 0.330 e. The molecule has 1 aromatic heterocycles. The Balaban J connectivity index is 2.00. The molecule has 0 saturated carbocycles. The summed E-state index contributed by atoms with van der Waals surface area (Å²) >= 11 is 1.56. The predicted octanol–water partition coefficient (Wildman–Crippen LogP) is 2.84. The first-order valence-electron chi connectivity index (χ1n) is 5.97. The second-order valence-electron chi connectivity index (χ2n) is 3.66. The van der Waals surface area contributed by atoms with E-state index in [4.69, 9.17) is 4.74 Å². The highest BCUT2D eigenvalue weighted by molar-refractivity contribution is 7.99. The van der Waals surface area contributed by atoms with E-state index in [9.17, 15) is 4.79 Å². The molecule has 0 aliphatic heterocycles. The average Bonchev–Trinajstić information content (AvgIpc) is 2.44. The quantitative estimate of drug-likeness (QED) is 0.363. The van der Waals surface area contributed by atoms with Crippen LogP contribution in [0.25, 0.3) is 10.9 Å². The monoisotopic (exact) mass is 274 g/mol. The molecule has 0 atom stereocenters. The standard InChI is InChI=1S/C14H14N2O2S/c1-2-18-13(17)8-5-9-19-14-11-6-3-4-7-12(11)15-10-16-14/h3-8,10H,2,9H2,1H3/b8-5+. The number of aromatic nitrogens is 2. The van der Waals surface area contributed by atoms with Gasteiger partial charge in [0.1, 0.15) is 11.4 Å². The molecular weight excluding hydrogens is 260 g/mol. The van der Waals surface area contributed by atoms with Crippen LogP contribution in [0.1, 0.15) is 6.92 Å². The summed E-state index contributed by atoms with van der Waals surface area (Å²) in [5.41, 5.74) is 0.925. The molecule has 2 rings (SSSR count). The second-order valence-corrected chi connectivity index (χ2v) is 4.67. The SMILES string of the molecule is CCOC(=O)/C=C/CSc1ncnc2ccccc12. The molecule has 0 saturated heterocycles. The molecule has 1 aromatic carbocycles. The number of hydrogen-bond donors (Lipinski definition) is 0. The van der Waals surface area contributed by atoms with Crippen molar-refractivity contribution in [2.24, 2.45) is 0 Å². The van der Waals surface area contributed by atoms with Gasteiger partial charge in [0.25, 0.3) is 0 Å². The van der Waals surface area contributed by atoms with Gasteiger partial charge in [-0.2, -0.15) is 0 Å². The van der Waals surface area contributed by atoms with Gasteiger partial charge in [0, 0.05) is 17.2 Å². The first-order valence-corrected chi connectivity index (χ1v) is 6.95. The van der Waals surface area contributed by atoms with E-state index in [1.807, 2.05) is 24.3 Å². The summed E-state index contributed by atoms with van der Waals surface area (Å²) in [7, 11) is 0. The fraction of sp³-hybridized carbons (Fsp3) is 0.214. The van der Waals surface area contributed by atoms with Gasteiger partial charge in [-0.25, -0.2) is 14.8 Å². The fourth-order valence-corrected chi connectivity index (χ4v) is 2.36. The molecule has 0 bridgehead atoms. The van der Waals surface area contributed by atoms with Crippen molar-refractivity contribution in [3.63, 3.8) is 0 Å². The summed E-state index contributed by atoms with van der Waals surface area (Å²) < 4.78 is 4.80. The van der Waals surface area contributed by atoms with E-state index in [-0.39, 0.29) is 5.97 Å². The zero-order chi connectivity index (χ0) is 13.5. The number of para-hydroxylation sites is 1. The molecule has 0 N–H and O–H groups in total. The normalized spacial score (nSPS) is 11.0. The number of carbonyl (C=O) groups excluding carboxylic acids is 1. The minimum Gasteiger partial charge on any atom is -0.463 e. The lowest BCUT2D eigenvalue weighted by molar-refractivity contribution is -0.137. The fourth-order valence-electron chi connectivity index (χ4n) is 1.56. The minimum absolute atomic E-state index is 0.310. The number of nitrogens with zero attached hydrogens (tertiary/aromatic N) is 2. The minimum atomic E-state index is -0.310. The highest BCUT2D eigenvalue weighted by atomic mass is 32.2. The molecule has 4 nitrogen and oxygen atoms in total. The van der Waals surface area contributed by atoms with Crippen molar-refractivity contribution in [3.8, 4) is 0 Å². The number of hydrogen-bond acceptors (Lipinski definition) is 5. The van der Waals surface area contributed by atoms with Crippen molar-refractivity contribution in [1.29, 1.82) is 0 Å². The molecule has 0 unspecified atom stereocenters. The van der Waals surface area contributed by atoms with E-state index in [1.165, 1.54) is 6.08 Å². The molecule has 0 fully saturated rings. The number of thioether (sulfide) groups is 1. The van der Waals surface area contributed by atoms with Crippen LogP contribution in [-0.2, 0) is 9.53 Å². The van der Waals surface area contributed by atoms with Crippen LogP contribution in [0.3, 0.4) is 0 Å². The zero-order valence-corrected chi connectivity index (χ0v) is 11.4. The summed E-state index contributed by atoms with van der Waals surface area (Å²) in [4.78, 5) is 19.6. The van der Waals surface area contributed by atoms with E-state index in [1.54, 1.807) is 31.1 Å². The van der Waals surface area contributed by atoms with Crippen molar-refractivity contribution in [1.82, 2.24) is 9.97 Å². The molecular formula is C14H14N2O2S. The Labute approximate surface area is 115 Å². The summed E-state index contributed by atoms with van der Waals surface area (Å²) in [6, 6.07) is 7.86. The lowest BCUT2D eigenvalue weighted by Gasteiger charge is -2.02. The van der Waals surface area contributed by atoms with Crippen LogP contribution in [-0.4, -0.2) is 28.3 Å². The van der Waals surface area contributed by atoms with Crippen LogP contribution in [0.4, 0.5) is 0 Å². The van der Waals surface area contributed by atoms with Gasteiger partial charge < -0.3 is 4.74 Å². The molecule has 2 aromatic rings. The Kier molecular flexibility index (Phi) is 4.92. The van der Waals surface area contributed by atoms with Crippen LogP contribution in [0, 0.1) is 0 Å². The highest BCUT2D eigenvalue weighted by Gasteiger charge is 2.02. The topological polar surface area (TPSA) is 52.1 Å². The largest absolute Gasteiger partial charge is 0.463 e. The molecule has 0 amide bonds. The van der Waals surface area contributed by atoms with Crippen LogP contribution >= 0.6 is 11.8 Å². The van der Waals surface area contributed by atoms with Gasteiger partial charge in [0.2, 0.25) is 0 Å². The lowest BCUT2D eigenvalue weighted by atomic mass is 10.2. The van der Waals surface area contributed by atoms with Gasteiger partial charge in [-0.1, -0.05) is 24.3 Å². The molecule has 98 valence electrons. The van der Waals surface area contributed by atoms with Crippen LogP contribution in [0.15, 0.2) is 47.8 Å². The van der Waals surface area contributed by atoms with Crippen molar-refractivity contribution >= 4 is 28.6 Å². The third-order valence-electron chi connectivity index (χ3n) is 2.36. The molecule has 5 heteroatoms. The van der Waals surface area contributed by atoms with Gasteiger partial charge in [-0.15, -0.1) is 11.8 Å². The van der Waals surface area contributed by atoms with Crippen LogP contribution in [0.2, 0.25) is 0 Å². The first kappa shape index (κ1) is 13.5. The van der Waals surface area contributed by atoms with Gasteiger partial charge >= 0.3 is 5.97 Å². The second kappa shape index (κ2) is 6.89. The number of fused-ring (bicyclic) bond motifs is 1. The summed E-state index contributed by atoms with van der Waals surface area (Å²) in [5.74, 6) is 0.357. The van der Waals surface area contributed by atoms with E-state index >= 15 is 0 Å². The maximum atomic E-state index is 11.1.